The zero-order valence-corrected chi connectivity index (χ0v) is 6.32. The summed E-state index contributed by atoms with van der Waals surface area (Å²) in [6.45, 7) is 0.512. The highest BCUT2D eigenvalue weighted by Crippen LogP contribution is 1.93. The Balaban J connectivity index is 3.54. The van der Waals surface area contributed by atoms with Crippen molar-refractivity contribution >= 4 is 17.7 Å². The van der Waals surface area contributed by atoms with E-state index in [0.717, 1.165) is 0 Å². The fourth-order valence-corrected chi connectivity index (χ4v) is 0.816. The number of rotatable bonds is 4. The molecule has 0 bridgehead atoms. The van der Waals surface area contributed by atoms with Gasteiger partial charge in [0.05, 0.1) is 6.04 Å². The van der Waals surface area contributed by atoms with Crippen LogP contribution in [-0.4, -0.2) is 24.7 Å². The van der Waals surface area contributed by atoms with E-state index < -0.39 is 0 Å². The van der Waals surface area contributed by atoms with Crippen LogP contribution < -0.4 is 11.1 Å². The molecule has 1 unspecified atom stereocenters. The Bertz CT molecular complexity index is 97.0. The maximum Gasteiger partial charge on any atom is 0.202 e. The fourth-order valence-electron chi connectivity index (χ4n) is 0.558. The van der Waals surface area contributed by atoms with E-state index in [9.17, 15) is 4.79 Å². The molecule has 54 valence electrons. The van der Waals surface area contributed by atoms with Crippen molar-refractivity contribution in [2.24, 2.45) is 5.73 Å². The molecular weight excluding hydrogens is 136 g/mol. The van der Waals surface area contributed by atoms with Gasteiger partial charge >= 0.3 is 0 Å². The van der Waals surface area contributed by atoms with Crippen LogP contribution in [0.25, 0.3) is 0 Å². The molecule has 0 rings (SSSR count). The van der Waals surface area contributed by atoms with Crippen LogP contribution in [0.15, 0.2) is 0 Å². The maximum atomic E-state index is 10.5. The molecule has 0 aliphatic rings. The van der Waals surface area contributed by atoms with Crippen molar-refractivity contribution in [3.05, 3.63) is 0 Å². The minimum absolute atomic E-state index is 0.150. The molecule has 9 heavy (non-hydrogen) atoms. The van der Waals surface area contributed by atoms with Crippen LogP contribution in [0.4, 0.5) is 0 Å². The van der Waals surface area contributed by atoms with Gasteiger partial charge in [0.2, 0.25) is 5.12 Å². The predicted octanol–water partition coefficient (Wildman–Crippen LogP) is -0.620. The summed E-state index contributed by atoms with van der Waals surface area (Å²) >= 11 is 3.65. The molecule has 0 spiro atoms. The van der Waals surface area contributed by atoms with E-state index in [1.807, 2.05) is 0 Å². The smallest absolute Gasteiger partial charge is 0.202 e. The van der Waals surface area contributed by atoms with Gasteiger partial charge in [0.15, 0.2) is 0 Å². The molecule has 0 aliphatic heterocycles. The Morgan fingerprint density at radius 2 is 2.44 bits per heavy atom. The lowest BCUT2D eigenvalue weighted by molar-refractivity contribution is -0.112. The van der Waals surface area contributed by atoms with Gasteiger partial charge in [-0.2, -0.15) is 0 Å². The minimum atomic E-state index is -0.182. The van der Waals surface area contributed by atoms with Crippen molar-refractivity contribution in [3.63, 3.8) is 0 Å². The number of carbonyl (C=O) groups is 1. The summed E-state index contributed by atoms with van der Waals surface area (Å²) in [5.41, 5.74) is 5.22. The SMILES string of the molecule is CNC(CCN)C(=O)S. The molecule has 0 fully saturated rings. The van der Waals surface area contributed by atoms with Gasteiger partial charge in [0, 0.05) is 0 Å². The van der Waals surface area contributed by atoms with Crippen molar-refractivity contribution in [2.75, 3.05) is 13.6 Å². The van der Waals surface area contributed by atoms with E-state index >= 15 is 0 Å². The highest BCUT2D eigenvalue weighted by molar-refractivity contribution is 7.96. The second-order valence-corrected chi connectivity index (χ2v) is 2.20. The van der Waals surface area contributed by atoms with E-state index in [-0.39, 0.29) is 11.2 Å². The summed E-state index contributed by atoms with van der Waals surface area (Å²) in [6.07, 6.45) is 0.652. The van der Waals surface area contributed by atoms with Gasteiger partial charge in [-0.05, 0) is 20.0 Å². The van der Waals surface area contributed by atoms with E-state index in [1.54, 1.807) is 7.05 Å². The topological polar surface area (TPSA) is 55.1 Å². The van der Waals surface area contributed by atoms with Crippen LogP contribution in [0.2, 0.25) is 0 Å². The number of thiol groups is 1. The molecule has 3 N–H and O–H groups in total. The third-order valence-corrected chi connectivity index (χ3v) is 1.41. The minimum Gasteiger partial charge on any atom is -0.330 e. The third-order valence-electron chi connectivity index (χ3n) is 1.10. The number of likely N-dealkylation sites (N-methyl/N-ethyl adjacent to an activating group) is 1. The quantitative estimate of drug-likeness (QED) is 0.466. The fraction of sp³-hybridized carbons (Fsp3) is 0.800. The van der Waals surface area contributed by atoms with Gasteiger partial charge in [0.1, 0.15) is 0 Å². The summed E-state index contributed by atoms with van der Waals surface area (Å²) in [6, 6.07) is -0.182. The normalized spacial score (nSPS) is 13.2. The van der Waals surface area contributed by atoms with Crippen molar-refractivity contribution < 1.29 is 4.79 Å². The highest BCUT2D eigenvalue weighted by Gasteiger charge is 2.09. The molecule has 0 aliphatic carbocycles. The van der Waals surface area contributed by atoms with Gasteiger partial charge in [-0.1, -0.05) is 0 Å². The van der Waals surface area contributed by atoms with Gasteiger partial charge in [0.25, 0.3) is 0 Å². The van der Waals surface area contributed by atoms with Crippen LogP contribution in [0.5, 0.6) is 0 Å². The van der Waals surface area contributed by atoms with Gasteiger partial charge in [-0.15, -0.1) is 12.6 Å². The molecule has 0 radical (unpaired) electrons. The van der Waals surface area contributed by atoms with Crippen LogP contribution in [0.3, 0.4) is 0 Å². The first-order valence-electron chi connectivity index (χ1n) is 2.82. The predicted molar refractivity (Wildman–Crippen MR) is 40.5 cm³/mol. The van der Waals surface area contributed by atoms with Gasteiger partial charge in [-0.25, -0.2) is 0 Å². The number of hydrogen-bond donors (Lipinski definition) is 3. The molecule has 0 aromatic carbocycles. The second kappa shape index (κ2) is 4.78. The Kier molecular flexibility index (Phi) is 4.75. The number of nitrogens with two attached hydrogens (primary N) is 1. The molecule has 1 atom stereocenters. The zero-order chi connectivity index (χ0) is 7.28. The van der Waals surface area contributed by atoms with E-state index in [0.29, 0.717) is 13.0 Å². The molecule has 4 heteroatoms. The van der Waals surface area contributed by atoms with Crippen LogP contribution in [0, 0.1) is 0 Å². The number of carbonyl (C=O) groups excluding carboxylic acids is 1. The van der Waals surface area contributed by atoms with Crippen molar-refractivity contribution in [1.82, 2.24) is 5.32 Å². The Labute approximate surface area is 60.4 Å². The molecule has 0 aromatic rings. The van der Waals surface area contributed by atoms with Crippen molar-refractivity contribution in [3.8, 4) is 0 Å². The highest BCUT2D eigenvalue weighted by atomic mass is 32.1. The zero-order valence-electron chi connectivity index (χ0n) is 5.42. The maximum absolute atomic E-state index is 10.5. The molecule has 0 saturated heterocycles. The molecule has 0 saturated carbocycles. The van der Waals surface area contributed by atoms with E-state index in [2.05, 4.69) is 17.9 Å². The lowest BCUT2D eigenvalue weighted by atomic mass is 10.2. The molecule has 3 nitrogen and oxygen atoms in total. The third kappa shape index (κ3) is 3.51. The summed E-state index contributed by atoms with van der Waals surface area (Å²) in [4.78, 5) is 10.5. The Morgan fingerprint density at radius 1 is 1.89 bits per heavy atom. The van der Waals surface area contributed by atoms with Crippen molar-refractivity contribution in [1.29, 1.82) is 0 Å². The Morgan fingerprint density at radius 3 is 2.56 bits per heavy atom. The van der Waals surface area contributed by atoms with E-state index in [4.69, 9.17) is 5.73 Å². The average Bonchev–Trinajstić information content (AvgIpc) is 1.82. The van der Waals surface area contributed by atoms with Crippen LogP contribution in [-0.2, 0) is 4.79 Å². The average molecular weight is 148 g/mol. The summed E-state index contributed by atoms with van der Waals surface area (Å²) < 4.78 is 0. The standard InChI is InChI=1S/C5H12N2OS/c1-7-4(2-3-6)5(8)9/h4,7H,2-3,6H2,1H3,(H,8,9). The Hall–Kier alpha value is -0.0600. The first kappa shape index (κ1) is 8.94. The summed E-state index contributed by atoms with van der Waals surface area (Å²) in [7, 11) is 1.72. The summed E-state index contributed by atoms with van der Waals surface area (Å²) in [5, 5.41) is 2.65. The molecular formula is C5H12N2OS. The number of nitrogens with one attached hydrogen (secondary N) is 1. The van der Waals surface area contributed by atoms with Gasteiger partial charge in [-0.3, -0.25) is 4.79 Å². The van der Waals surface area contributed by atoms with E-state index in [1.165, 1.54) is 0 Å². The van der Waals surface area contributed by atoms with Crippen molar-refractivity contribution in [2.45, 2.75) is 12.5 Å². The van der Waals surface area contributed by atoms with Gasteiger partial charge < -0.3 is 11.1 Å². The molecule has 0 aromatic heterocycles. The van der Waals surface area contributed by atoms with Crippen LogP contribution in [0.1, 0.15) is 6.42 Å². The molecule has 0 heterocycles. The summed E-state index contributed by atoms with van der Waals surface area (Å²) in [5.74, 6) is 0. The molecule has 0 amide bonds. The number of hydrogen-bond acceptors (Lipinski definition) is 3. The van der Waals surface area contributed by atoms with Crippen LogP contribution >= 0.6 is 12.6 Å². The lowest BCUT2D eigenvalue weighted by Crippen LogP contribution is -2.33. The first-order valence-corrected chi connectivity index (χ1v) is 3.27. The first-order chi connectivity index (χ1) is 4.22. The lowest BCUT2D eigenvalue weighted by Gasteiger charge is -2.08. The monoisotopic (exact) mass is 148 g/mol. The second-order valence-electron chi connectivity index (χ2n) is 1.76. The largest absolute Gasteiger partial charge is 0.330 e.